The molecule has 0 saturated carbocycles. The molecule has 3 nitrogen and oxygen atoms in total. The summed E-state index contributed by atoms with van der Waals surface area (Å²) in [5, 5.41) is 6.24. The molecule has 1 heterocycles. The van der Waals surface area contributed by atoms with E-state index in [0.717, 1.165) is 38.0 Å². The number of aryl methyl sites for hydroxylation is 1. The number of amides is 1. The van der Waals surface area contributed by atoms with Gasteiger partial charge in [-0.15, -0.1) is 12.4 Å². The van der Waals surface area contributed by atoms with E-state index in [1.807, 2.05) is 12.1 Å². The maximum absolute atomic E-state index is 12.0. The van der Waals surface area contributed by atoms with Gasteiger partial charge < -0.3 is 10.6 Å². The zero-order valence-electron chi connectivity index (χ0n) is 10.7. The van der Waals surface area contributed by atoms with Crippen LogP contribution >= 0.6 is 12.4 Å². The molecule has 0 spiro atoms. The lowest BCUT2D eigenvalue weighted by molar-refractivity contribution is -0.120. The summed E-state index contributed by atoms with van der Waals surface area (Å²) in [5.41, 5.74) is 2.19. The third kappa shape index (κ3) is 4.00. The van der Waals surface area contributed by atoms with Gasteiger partial charge in [0.05, 0.1) is 5.92 Å². The maximum atomic E-state index is 12.0. The third-order valence-electron chi connectivity index (χ3n) is 3.30. The predicted molar refractivity (Wildman–Crippen MR) is 77.3 cm³/mol. The molecule has 100 valence electrons. The Morgan fingerprint density at radius 1 is 1.39 bits per heavy atom. The lowest BCUT2D eigenvalue weighted by Crippen LogP contribution is -2.37. The molecular weight excluding hydrogens is 248 g/mol. The molecule has 1 saturated heterocycles. The molecule has 2 rings (SSSR count). The fourth-order valence-corrected chi connectivity index (χ4v) is 2.14. The van der Waals surface area contributed by atoms with E-state index < -0.39 is 0 Å². The minimum Gasteiger partial charge on any atom is -0.326 e. The lowest BCUT2D eigenvalue weighted by atomic mass is 9.99. The molecule has 4 heteroatoms. The summed E-state index contributed by atoms with van der Waals surface area (Å²) in [6, 6.07) is 8.09. The van der Waals surface area contributed by atoms with Crippen molar-refractivity contribution in [3.63, 3.8) is 0 Å². The maximum Gasteiger partial charge on any atom is 0.228 e. The molecule has 18 heavy (non-hydrogen) atoms. The normalized spacial score (nSPS) is 18.8. The second kappa shape index (κ2) is 7.39. The number of nitrogens with one attached hydrogen (secondary N) is 2. The van der Waals surface area contributed by atoms with E-state index in [1.54, 1.807) is 0 Å². The average molecular weight is 269 g/mol. The van der Waals surface area contributed by atoms with E-state index in [4.69, 9.17) is 0 Å². The van der Waals surface area contributed by atoms with Crippen LogP contribution in [0.4, 0.5) is 5.69 Å². The van der Waals surface area contributed by atoms with E-state index in [0.29, 0.717) is 0 Å². The standard InChI is InChI=1S/C14H20N2O.ClH/c1-2-11-5-7-13(8-6-11)16-14(17)12-4-3-9-15-10-12;/h5-8,12,15H,2-4,9-10H2,1H3,(H,16,17);1H. The van der Waals surface area contributed by atoms with Crippen molar-refractivity contribution in [1.29, 1.82) is 0 Å². The molecule has 1 aliphatic heterocycles. The van der Waals surface area contributed by atoms with Gasteiger partial charge in [-0.25, -0.2) is 0 Å². The van der Waals surface area contributed by atoms with Gasteiger partial charge in [-0.2, -0.15) is 0 Å². The van der Waals surface area contributed by atoms with Gasteiger partial charge in [-0.1, -0.05) is 19.1 Å². The molecule has 1 amide bonds. The highest BCUT2D eigenvalue weighted by atomic mass is 35.5. The van der Waals surface area contributed by atoms with Crippen molar-refractivity contribution in [3.8, 4) is 0 Å². The number of benzene rings is 1. The highest BCUT2D eigenvalue weighted by Crippen LogP contribution is 2.15. The molecule has 2 N–H and O–H groups in total. The topological polar surface area (TPSA) is 41.1 Å². The molecular formula is C14H21ClN2O. The van der Waals surface area contributed by atoms with Gasteiger partial charge in [0.2, 0.25) is 5.91 Å². The Hall–Kier alpha value is -1.06. The van der Waals surface area contributed by atoms with Gasteiger partial charge in [-0.05, 0) is 43.5 Å². The average Bonchev–Trinajstić information content (AvgIpc) is 2.40. The van der Waals surface area contributed by atoms with Crippen LogP contribution in [0.2, 0.25) is 0 Å². The summed E-state index contributed by atoms with van der Waals surface area (Å²) in [6.45, 7) is 3.97. The van der Waals surface area contributed by atoms with Crippen molar-refractivity contribution >= 4 is 24.0 Å². The van der Waals surface area contributed by atoms with Crippen LogP contribution in [-0.2, 0) is 11.2 Å². The highest BCUT2D eigenvalue weighted by molar-refractivity contribution is 5.92. The summed E-state index contributed by atoms with van der Waals surface area (Å²) < 4.78 is 0. The van der Waals surface area contributed by atoms with E-state index in [2.05, 4.69) is 29.7 Å². The molecule has 1 aromatic carbocycles. The number of halogens is 1. The predicted octanol–water partition coefficient (Wildman–Crippen LogP) is 2.61. The third-order valence-corrected chi connectivity index (χ3v) is 3.30. The van der Waals surface area contributed by atoms with E-state index in [1.165, 1.54) is 5.56 Å². The molecule has 0 aromatic heterocycles. The molecule has 0 bridgehead atoms. The van der Waals surface area contributed by atoms with Crippen LogP contribution in [0.25, 0.3) is 0 Å². The lowest BCUT2D eigenvalue weighted by Gasteiger charge is -2.21. The minimum atomic E-state index is 0. The fourth-order valence-electron chi connectivity index (χ4n) is 2.14. The second-order valence-electron chi connectivity index (χ2n) is 4.58. The number of carbonyl (C=O) groups is 1. The van der Waals surface area contributed by atoms with Crippen LogP contribution in [0, 0.1) is 5.92 Å². The SMILES string of the molecule is CCc1ccc(NC(=O)C2CCCNC2)cc1.Cl. The van der Waals surface area contributed by atoms with Crippen molar-refractivity contribution in [2.75, 3.05) is 18.4 Å². The van der Waals surface area contributed by atoms with Crippen molar-refractivity contribution in [2.45, 2.75) is 26.2 Å². The molecule has 1 unspecified atom stereocenters. The molecule has 1 fully saturated rings. The Morgan fingerprint density at radius 3 is 2.67 bits per heavy atom. The Bertz CT molecular complexity index is 372. The Kier molecular flexibility index (Phi) is 6.16. The smallest absolute Gasteiger partial charge is 0.228 e. The zero-order valence-corrected chi connectivity index (χ0v) is 11.6. The zero-order chi connectivity index (χ0) is 12.1. The van der Waals surface area contributed by atoms with Gasteiger partial charge in [0.15, 0.2) is 0 Å². The van der Waals surface area contributed by atoms with Crippen LogP contribution in [0.15, 0.2) is 24.3 Å². The first-order valence-electron chi connectivity index (χ1n) is 6.40. The molecule has 1 aromatic rings. The number of hydrogen-bond donors (Lipinski definition) is 2. The number of carbonyl (C=O) groups excluding carboxylic acids is 1. The first-order chi connectivity index (χ1) is 8.29. The molecule has 0 radical (unpaired) electrons. The van der Waals surface area contributed by atoms with E-state index in [9.17, 15) is 4.79 Å². The summed E-state index contributed by atoms with van der Waals surface area (Å²) in [4.78, 5) is 12.0. The summed E-state index contributed by atoms with van der Waals surface area (Å²) >= 11 is 0. The summed E-state index contributed by atoms with van der Waals surface area (Å²) in [7, 11) is 0. The fraction of sp³-hybridized carbons (Fsp3) is 0.500. The van der Waals surface area contributed by atoms with Crippen molar-refractivity contribution in [3.05, 3.63) is 29.8 Å². The van der Waals surface area contributed by atoms with Crippen LogP contribution < -0.4 is 10.6 Å². The minimum absolute atomic E-state index is 0. The van der Waals surface area contributed by atoms with Gasteiger partial charge in [0.25, 0.3) is 0 Å². The van der Waals surface area contributed by atoms with Crippen molar-refractivity contribution < 1.29 is 4.79 Å². The monoisotopic (exact) mass is 268 g/mol. The summed E-state index contributed by atoms with van der Waals surface area (Å²) in [5.74, 6) is 0.260. The number of piperidine rings is 1. The van der Waals surface area contributed by atoms with Crippen molar-refractivity contribution in [2.24, 2.45) is 5.92 Å². The Labute approximate surface area is 115 Å². The number of rotatable bonds is 3. The number of anilines is 1. The molecule has 1 aliphatic rings. The van der Waals surface area contributed by atoms with E-state index >= 15 is 0 Å². The first kappa shape index (κ1) is 15.0. The molecule has 0 aliphatic carbocycles. The molecule has 1 atom stereocenters. The van der Waals surface area contributed by atoms with Gasteiger partial charge >= 0.3 is 0 Å². The second-order valence-corrected chi connectivity index (χ2v) is 4.58. The Morgan fingerprint density at radius 2 is 2.11 bits per heavy atom. The van der Waals surface area contributed by atoms with Gasteiger partial charge in [0.1, 0.15) is 0 Å². The van der Waals surface area contributed by atoms with E-state index in [-0.39, 0.29) is 24.2 Å². The largest absolute Gasteiger partial charge is 0.326 e. The summed E-state index contributed by atoms with van der Waals surface area (Å²) in [6.07, 6.45) is 3.11. The highest BCUT2D eigenvalue weighted by Gasteiger charge is 2.20. The van der Waals surface area contributed by atoms with Crippen molar-refractivity contribution in [1.82, 2.24) is 5.32 Å². The first-order valence-corrected chi connectivity index (χ1v) is 6.40. The van der Waals surface area contributed by atoms with Gasteiger partial charge in [-0.3, -0.25) is 4.79 Å². The Balaban J connectivity index is 0.00000162. The number of hydrogen-bond acceptors (Lipinski definition) is 2. The van der Waals surface area contributed by atoms with Gasteiger partial charge in [0, 0.05) is 12.2 Å². The quantitative estimate of drug-likeness (QED) is 0.885. The van der Waals surface area contributed by atoms with Crippen LogP contribution in [0.1, 0.15) is 25.3 Å². The van der Waals surface area contributed by atoms with Crippen LogP contribution in [0.3, 0.4) is 0 Å². The van der Waals surface area contributed by atoms with Crippen LogP contribution in [-0.4, -0.2) is 19.0 Å². The van der Waals surface area contributed by atoms with Crippen LogP contribution in [0.5, 0.6) is 0 Å².